The lowest BCUT2D eigenvalue weighted by Gasteiger charge is -2.34. The first-order chi connectivity index (χ1) is 13.9. The van der Waals surface area contributed by atoms with Gasteiger partial charge in [0.25, 0.3) is 0 Å². The zero-order valence-corrected chi connectivity index (χ0v) is 19.0. The molecule has 0 amide bonds. The number of nitrogens with two attached hydrogens (primary N) is 2. The highest BCUT2D eigenvalue weighted by atomic mass is 16.1. The minimum absolute atomic E-state index is 0.0394. The molecule has 4 rings (SSSR count). The molecule has 2 aliphatic rings. The second-order valence-electron chi connectivity index (χ2n) is 10.3. The highest BCUT2D eigenvalue weighted by Crippen LogP contribution is 2.44. The molecule has 2 aromatic carbocycles. The van der Waals surface area contributed by atoms with Gasteiger partial charge in [-0.05, 0) is 61.4 Å². The molecule has 0 spiro atoms. The molecule has 0 aromatic heterocycles. The first kappa shape index (κ1) is 20.6. The van der Waals surface area contributed by atoms with E-state index in [0.29, 0.717) is 0 Å². The van der Waals surface area contributed by atoms with E-state index in [-0.39, 0.29) is 28.7 Å². The number of hydrogen-bond donors (Lipinski definition) is 2. The van der Waals surface area contributed by atoms with Crippen molar-refractivity contribution >= 4 is 28.5 Å². The summed E-state index contributed by atoms with van der Waals surface area (Å²) in [5.41, 5.74) is 18.2. The Balaban J connectivity index is 1.62. The van der Waals surface area contributed by atoms with E-state index >= 15 is 0 Å². The quantitative estimate of drug-likeness (QED) is 0.748. The average Bonchev–Trinajstić information content (AvgIpc) is 3.10. The van der Waals surface area contributed by atoms with Crippen molar-refractivity contribution in [3.8, 4) is 0 Å². The Kier molecular flexibility index (Phi) is 4.57. The molecule has 4 N–H and O–H groups in total. The molecule has 2 aromatic rings. The third kappa shape index (κ3) is 3.11. The number of carbonyl (C=O) groups is 1. The van der Waals surface area contributed by atoms with Crippen molar-refractivity contribution in [1.29, 1.82) is 0 Å². The molecular weight excluding hydrogens is 372 g/mol. The number of nitrogens with zero attached hydrogens (tertiary/aromatic N) is 2. The average molecular weight is 407 g/mol. The monoisotopic (exact) mass is 406 g/mol. The van der Waals surface area contributed by atoms with Gasteiger partial charge in [-0.3, -0.25) is 4.79 Å². The summed E-state index contributed by atoms with van der Waals surface area (Å²) in [6, 6.07) is 11.7. The van der Waals surface area contributed by atoms with Crippen molar-refractivity contribution in [1.82, 2.24) is 0 Å². The summed E-state index contributed by atoms with van der Waals surface area (Å²) in [7, 11) is 0. The number of carbonyl (C=O) groups excluding carboxylic acids is 1. The Hall–Kier alpha value is -2.69. The molecule has 5 heteroatoms. The van der Waals surface area contributed by atoms with Gasteiger partial charge < -0.3 is 21.3 Å². The maximum Gasteiger partial charge on any atom is 0.176 e. The summed E-state index contributed by atoms with van der Waals surface area (Å²) in [5.74, 6) is 0.232. The lowest BCUT2D eigenvalue weighted by Crippen LogP contribution is -2.50. The molecule has 0 saturated carbocycles. The normalized spacial score (nSPS) is 20.6. The number of Topliss-reactive ketones (excluding diaryl/α,β-unsaturated/α-hetero) is 1. The molecule has 160 valence electrons. The summed E-state index contributed by atoms with van der Waals surface area (Å²) >= 11 is 0. The molecule has 5 nitrogen and oxygen atoms in total. The van der Waals surface area contributed by atoms with E-state index in [1.54, 1.807) is 0 Å². The fraction of sp³-hybridized carbons (Fsp3) is 0.480. The zero-order chi connectivity index (χ0) is 22.0. The van der Waals surface area contributed by atoms with Gasteiger partial charge in [0.05, 0.1) is 12.1 Å². The molecule has 0 bridgehead atoms. The Morgan fingerprint density at radius 1 is 0.800 bits per heavy atom. The predicted octanol–water partition coefficient (Wildman–Crippen LogP) is 4.09. The smallest absolute Gasteiger partial charge is 0.176 e. The van der Waals surface area contributed by atoms with Crippen molar-refractivity contribution in [2.75, 3.05) is 34.4 Å². The van der Waals surface area contributed by atoms with E-state index in [4.69, 9.17) is 11.5 Å². The molecule has 0 fully saturated rings. The van der Waals surface area contributed by atoms with Crippen LogP contribution in [0.25, 0.3) is 0 Å². The summed E-state index contributed by atoms with van der Waals surface area (Å²) in [6.45, 7) is 14.6. The number of benzene rings is 2. The number of ketones is 1. The Labute approximate surface area is 180 Å². The molecule has 30 heavy (non-hydrogen) atoms. The topological polar surface area (TPSA) is 75.6 Å². The van der Waals surface area contributed by atoms with Crippen LogP contribution in [0.2, 0.25) is 0 Å². The van der Waals surface area contributed by atoms with Gasteiger partial charge in [0.1, 0.15) is 0 Å². The van der Waals surface area contributed by atoms with Gasteiger partial charge in [-0.1, -0.05) is 27.7 Å². The Morgan fingerprint density at radius 3 is 1.53 bits per heavy atom. The van der Waals surface area contributed by atoms with Crippen LogP contribution in [0.4, 0.5) is 22.7 Å². The van der Waals surface area contributed by atoms with Crippen LogP contribution in [0, 0.1) is 0 Å². The molecule has 0 radical (unpaired) electrons. The maximum absolute atomic E-state index is 13.7. The SMILES string of the molecule is CC(C(=O)C(C)N1CC(C)(C)c2cc(N)ccc21)N1CC(C)(C)c2cc(N)ccc21. The summed E-state index contributed by atoms with van der Waals surface area (Å²) in [4.78, 5) is 18.2. The van der Waals surface area contributed by atoms with Crippen molar-refractivity contribution in [3.05, 3.63) is 47.5 Å². The van der Waals surface area contributed by atoms with E-state index in [1.165, 1.54) is 11.1 Å². The number of nitrogen functional groups attached to an aromatic ring is 2. The second-order valence-corrected chi connectivity index (χ2v) is 10.3. The van der Waals surface area contributed by atoms with Gasteiger partial charge in [0.2, 0.25) is 0 Å². The van der Waals surface area contributed by atoms with Crippen molar-refractivity contribution < 1.29 is 4.79 Å². The highest BCUT2D eigenvalue weighted by molar-refractivity contribution is 5.95. The molecular formula is C25H34N4O. The number of rotatable bonds is 4. The number of fused-ring (bicyclic) bond motifs is 2. The highest BCUT2D eigenvalue weighted by Gasteiger charge is 2.43. The largest absolute Gasteiger partial charge is 0.399 e. The predicted molar refractivity (Wildman–Crippen MR) is 126 cm³/mol. The van der Waals surface area contributed by atoms with Gasteiger partial charge in [-0.25, -0.2) is 0 Å². The minimum Gasteiger partial charge on any atom is -0.399 e. The fourth-order valence-corrected chi connectivity index (χ4v) is 5.23. The second kappa shape index (κ2) is 6.66. The van der Waals surface area contributed by atoms with Crippen molar-refractivity contribution in [2.24, 2.45) is 0 Å². The Morgan fingerprint density at radius 2 is 1.17 bits per heavy atom. The zero-order valence-electron chi connectivity index (χ0n) is 19.0. The third-order valence-corrected chi connectivity index (χ3v) is 7.01. The van der Waals surface area contributed by atoms with Crippen molar-refractivity contribution in [3.63, 3.8) is 0 Å². The van der Waals surface area contributed by atoms with Gasteiger partial charge in [0.15, 0.2) is 5.78 Å². The van der Waals surface area contributed by atoms with Crippen LogP contribution in [0.5, 0.6) is 0 Å². The van der Waals surface area contributed by atoms with Gasteiger partial charge in [0, 0.05) is 46.7 Å². The lowest BCUT2D eigenvalue weighted by molar-refractivity contribution is -0.121. The third-order valence-electron chi connectivity index (χ3n) is 7.01. The maximum atomic E-state index is 13.7. The van der Waals surface area contributed by atoms with E-state index in [0.717, 1.165) is 35.8 Å². The summed E-state index contributed by atoms with van der Waals surface area (Å²) in [5, 5.41) is 0. The lowest BCUT2D eigenvalue weighted by atomic mass is 9.87. The first-order valence-corrected chi connectivity index (χ1v) is 10.8. The van der Waals surface area contributed by atoms with E-state index in [9.17, 15) is 4.79 Å². The van der Waals surface area contributed by atoms with E-state index < -0.39 is 0 Å². The van der Waals surface area contributed by atoms with E-state index in [2.05, 4.69) is 61.8 Å². The number of hydrogen-bond acceptors (Lipinski definition) is 5. The van der Waals surface area contributed by atoms with E-state index in [1.807, 2.05) is 26.0 Å². The molecule has 2 aliphatic heterocycles. The van der Waals surface area contributed by atoms with Crippen LogP contribution >= 0.6 is 0 Å². The molecule has 0 saturated heterocycles. The number of anilines is 4. The van der Waals surface area contributed by atoms with Crippen LogP contribution in [0.3, 0.4) is 0 Å². The van der Waals surface area contributed by atoms with Crippen LogP contribution < -0.4 is 21.3 Å². The molecule has 0 aliphatic carbocycles. The Bertz CT molecular complexity index is 931. The fourth-order valence-electron chi connectivity index (χ4n) is 5.23. The van der Waals surface area contributed by atoms with Crippen LogP contribution in [0.15, 0.2) is 36.4 Å². The first-order valence-electron chi connectivity index (χ1n) is 10.8. The van der Waals surface area contributed by atoms with Crippen LogP contribution in [-0.4, -0.2) is 31.0 Å². The van der Waals surface area contributed by atoms with Crippen LogP contribution in [0.1, 0.15) is 52.7 Å². The van der Waals surface area contributed by atoms with Crippen LogP contribution in [-0.2, 0) is 15.6 Å². The molecule has 2 heterocycles. The molecule has 2 unspecified atom stereocenters. The minimum atomic E-state index is -0.218. The van der Waals surface area contributed by atoms with Gasteiger partial charge in [-0.2, -0.15) is 0 Å². The summed E-state index contributed by atoms with van der Waals surface area (Å²) in [6.07, 6.45) is 0. The standard InChI is InChI=1S/C25H34N4O/c1-15(28-13-24(3,4)19-11-17(26)7-9-21(19)28)23(30)16(2)29-14-25(5,6)20-12-18(27)8-10-22(20)29/h7-12,15-16H,13-14,26-27H2,1-6H3. The van der Waals surface area contributed by atoms with Gasteiger partial charge in [-0.15, -0.1) is 0 Å². The molecule has 2 atom stereocenters. The van der Waals surface area contributed by atoms with Crippen molar-refractivity contribution in [2.45, 2.75) is 64.5 Å². The summed E-state index contributed by atoms with van der Waals surface area (Å²) < 4.78 is 0. The van der Waals surface area contributed by atoms with Gasteiger partial charge >= 0.3 is 0 Å².